The van der Waals surface area contributed by atoms with Crippen LogP contribution in [0.4, 0.5) is 25.8 Å². The van der Waals surface area contributed by atoms with Crippen molar-refractivity contribution in [3.05, 3.63) is 77.9 Å². The van der Waals surface area contributed by atoms with Crippen LogP contribution in [0.1, 0.15) is 10.4 Å². The summed E-state index contributed by atoms with van der Waals surface area (Å²) >= 11 is 0. The smallest absolute Gasteiger partial charge is 0.264 e. The second-order valence-electron chi connectivity index (χ2n) is 7.26. The highest BCUT2D eigenvalue weighted by Gasteiger charge is 2.35. The Bertz CT molecular complexity index is 1310. The number of sulfonamides is 1. The predicted octanol–water partition coefficient (Wildman–Crippen LogP) is 2.75. The minimum Gasteiger partial charge on any atom is -0.484 e. The summed E-state index contributed by atoms with van der Waals surface area (Å²) in [6.45, 7) is -0.645. The van der Waals surface area contributed by atoms with Gasteiger partial charge < -0.3 is 20.9 Å². The van der Waals surface area contributed by atoms with Crippen molar-refractivity contribution in [3.63, 3.8) is 0 Å². The van der Waals surface area contributed by atoms with Crippen molar-refractivity contribution in [2.75, 3.05) is 28.5 Å². The fourth-order valence-corrected chi connectivity index (χ4v) is 4.98. The van der Waals surface area contributed by atoms with E-state index in [9.17, 15) is 27.1 Å². The van der Waals surface area contributed by atoms with Gasteiger partial charge in [0.05, 0.1) is 23.7 Å². The lowest BCUT2D eigenvalue weighted by Crippen LogP contribution is -2.45. The number of hydrogen-bond acceptors (Lipinski definition) is 6. The van der Waals surface area contributed by atoms with Gasteiger partial charge in [-0.2, -0.15) is 0 Å². The number of nitrogens with zero attached hydrogens (tertiary/aromatic N) is 1. The molecule has 11 heteroatoms. The Labute approximate surface area is 188 Å². The van der Waals surface area contributed by atoms with Crippen LogP contribution >= 0.6 is 0 Å². The maximum atomic E-state index is 14.0. The topological polar surface area (TPSA) is 122 Å². The Morgan fingerprint density at radius 2 is 1.82 bits per heavy atom. The van der Waals surface area contributed by atoms with Gasteiger partial charge in [-0.3, -0.25) is 9.10 Å². The van der Waals surface area contributed by atoms with E-state index in [1.807, 2.05) is 0 Å². The first-order valence-electron chi connectivity index (χ1n) is 9.76. The zero-order valence-corrected chi connectivity index (χ0v) is 17.9. The number of carbonyl (C=O) groups excluding carboxylic acids is 1. The van der Waals surface area contributed by atoms with E-state index < -0.39 is 45.8 Å². The van der Waals surface area contributed by atoms with Crippen molar-refractivity contribution >= 4 is 33.0 Å². The lowest BCUT2D eigenvalue weighted by Gasteiger charge is -2.35. The summed E-state index contributed by atoms with van der Waals surface area (Å²) in [6, 6.07) is 12.8. The predicted molar refractivity (Wildman–Crippen MR) is 118 cm³/mol. The van der Waals surface area contributed by atoms with E-state index in [2.05, 4.69) is 5.32 Å². The largest absolute Gasteiger partial charge is 0.484 e. The number of carbonyl (C=O) groups is 1. The van der Waals surface area contributed by atoms with Crippen LogP contribution in [0, 0.1) is 11.6 Å². The molecule has 3 aromatic carbocycles. The van der Waals surface area contributed by atoms with Crippen molar-refractivity contribution in [1.29, 1.82) is 0 Å². The van der Waals surface area contributed by atoms with Crippen molar-refractivity contribution in [2.45, 2.75) is 11.0 Å². The molecule has 0 unspecified atom stereocenters. The molecule has 0 bridgehead atoms. The van der Waals surface area contributed by atoms with Crippen LogP contribution in [-0.2, 0) is 10.0 Å². The standard InChI is InChI=1S/C22H19F2N3O5S/c23-17-5-2-6-18(24)21(17)22(29)26-14-7-8-20-19(10-14)27(11-15(12-28)32-20)33(30,31)16-4-1-3-13(25)9-16/h1-10,15,28H,11-12,25H2,(H,26,29)/t15-/m1/s1. The molecule has 4 rings (SSSR count). The van der Waals surface area contributed by atoms with Gasteiger partial charge in [0.15, 0.2) is 0 Å². The molecule has 1 amide bonds. The van der Waals surface area contributed by atoms with Gasteiger partial charge in [0.2, 0.25) is 0 Å². The number of ether oxygens (including phenoxy) is 1. The van der Waals surface area contributed by atoms with Crippen LogP contribution in [0.25, 0.3) is 0 Å². The third-order valence-corrected chi connectivity index (χ3v) is 6.76. The quantitative estimate of drug-likeness (QED) is 0.488. The summed E-state index contributed by atoms with van der Waals surface area (Å²) in [6.07, 6.45) is -0.832. The molecule has 0 saturated carbocycles. The van der Waals surface area contributed by atoms with E-state index in [0.29, 0.717) is 0 Å². The van der Waals surface area contributed by atoms with Gasteiger partial charge in [-0.05, 0) is 48.5 Å². The molecule has 1 aliphatic heterocycles. The Hall–Kier alpha value is -3.70. The molecule has 0 saturated heterocycles. The van der Waals surface area contributed by atoms with Gasteiger partial charge in [0, 0.05) is 11.4 Å². The first-order valence-corrected chi connectivity index (χ1v) is 11.2. The van der Waals surface area contributed by atoms with Crippen LogP contribution in [0.5, 0.6) is 5.75 Å². The molecule has 1 atom stereocenters. The summed E-state index contributed by atoms with van der Waals surface area (Å²) in [4.78, 5) is 12.4. The number of anilines is 3. The molecule has 1 aliphatic rings. The molecular formula is C22H19F2N3O5S. The summed E-state index contributed by atoms with van der Waals surface area (Å²) < 4.78 is 61.3. The van der Waals surface area contributed by atoms with Gasteiger partial charge in [-0.25, -0.2) is 17.2 Å². The maximum Gasteiger partial charge on any atom is 0.264 e. The highest BCUT2D eigenvalue weighted by atomic mass is 32.2. The average molecular weight is 475 g/mol. The lowest BCUT2D eigenvalue weighted by molar-refractivity contribution is 0.101. The van der Waals surface area contributed by atoms with Gasteiger partial charge >= 0.3 is 0 Å². The van der Waals surface area contributed by atoms with Crippen LogP contribution in [-0.4, -0.2) is 38.7 Å². The first-order chi connectivity index (χ1) is 15.7. The summed E-state index contributed by atoms with van der Waals surface area (Å²) in [5, 5.41) is 11.9. The molecule has 0 radical (unpaired) electrons. The molecule has 0 aliphatic carbocycles. The van der Waals surface area contributed by atoms with Crippen molar-refractivity contribution in [1.82, 2.24) is 0 Å². The number of hydrogen-bond donors (Lipinski definition) is 3. The van der Waals surface area contributed by atoms with Gasteiger partial charge in [-0.15, -0.1) is 0 Å². The van der Waals surface area contributed by atoms with E-state index in [1.165, 1.54) is 42.5 Å². The van der Waals surface area contributed by atoms with E-state index in [0.717, 1.165) is 22.5 Å². The highest BCUT2D eigenvalue weighted by Crippen LogP contribution is 2.39. The Balaban J connectivity index is 1.73. The summed E-state index contributed by atoms with van der Waals surface area (Å²) in [7, 11) is -4.12. The van der Waals surface area contributed by atoms with Crippen molar-refractivity contribution in [2.24, 2.45) is 0 Å². The minimum absolute atomic E-state index is 0.0742. The molecule has 3 aromatic rings. The SMILES string of the molecule is Nc1cccc(S(=O)(=O)N2C[C@H](CO)Oc3ccc(NC(=O)c4c(F)cccc4F)cc32)c1. The molecule has 33 heavy (non-hydrogen) atoms. The lowest BCUT2D eigenvalue weighted by atomic mass is 10.1. The maximum absolute atomic E-state index is 14.0. The Kier molecular flexibility index (Phi) is 5.91. The molecule has 8 nitrogen and oxygen atoms in total. The second kappa shape index (κ2) is 8.68. The van der Waals surface area contributed by atoms with Crippen LogP contribution in [0.2, 0.25) is 0 Å². The first kappa shape index (κ1) is 22.5. The van der Waals surface area contributed by atoms with E-state index in [1.54, 1.807) is 0 Å². The summed E-state index contributed by atoms with van der Waals surface area (Å²) in [5.74, 6) is -2.97. The number of rotatable bonds is 5. The van der Waals surface area contributed by atoms with Crippen LogP contribution in [0.15, 0.2) is 65.6 Å². The number of amides is 1. The average Bonchev–Trinajstić information content (AvgIpc) is 2.78. The molecule has 4 N–H and O–H groups in total. The highest BCUT2D eigenvalue weighted by molar-refractivity contribution is 7.92. The number of fused-ring (bicyclic) bond motifs is 1. The normalized spacial score (nSPS) is 15.5. The number of aliphatic hydroxyl groups is 1. The number of nitrogen functional groups attached to an aromatic ring is 1. The zero-order chi connectivity index (χ0) is 23.8. The molecule has 1 heterocycles. The Morgan fingerprint density at radius 3 is 2.48 bits per heavy atom. The monoisotopic (exact) mass is 475 g/mol. The zero-order valence-electron chi connectivity index (χ0n) is 17.0. The Morgan fingerprint density at radius 1 is 1.12 bits per heavy atom. The number of halogens is 2. The van der Waals surface area contributed by atoms with Crippen molar-refractivity contribution < 1.29 is 31.8 Å². The fourth-order valence-electron chi connectivity index (χ4n) is 3.42. The number of nitrogens with one attached hydrogen (secondary N) is 1. The molecule has 172 valence electrons. The fraction of sp³-hybridized carbons (Fsp3) is 0.136. The third kappa shape index (κ3) is 4.32. The second-order valence-corrected chi connectivity index (χ2v) is 9.13. The van der Waals surface area contributed by atoms with Gasteiger partial charge in [0.1, 0.15) is 29.1 Å². The minimum atomic E-state index is -4.12. The number of benzene rings is 3. The molecule has 0 aromatic heterocycles. The van der Waals surface area contributed by atoms with Crippen LogP contribution < -0.4 is 20.1 Å². The molecule has 0 fully saturated rings. The van der Waals surface area contributed by atoms with E-state index in [4.69, 9.17) is 10.5 Å². The molecular weight excluding hydrogens is 456 g/mol. The summed E-state index contributed by atoms with van der Waals surface area (Å²) in [5.41, 5.74) is 5.38. The third-order valence-electron chi connectivity index (χ3n) is 4.99. The van der Waals surface area contributed by atoms with Crippen LogP contribution in [0.3, 0.4) is 0 Å². The van der Waals surface area contributed by atoms with Crippen molar-refractivity contribution in [3.8, 4) is 5.75 Å². The number of nitrogens with two attached hydrogens (primary N) is 1. The van der Waals surface area contributed by atoms with Gasteiger partial charge in [0.25, 0.3) is 15.9 Å². The van der Waals surface area contributed by atoms with E-state index >= 15 is 0 Å². The van der Waals surface area contributed by atoms with E-state index in [-0.39, 0.29) is 34.3 Å². The molecule has 0 spiro atoms. The number of aliphatic hydroxyl groups excluding tert-OH is 1. The van der Waals surface area contributed by atoms with Gasteiger partial charge in [-0.1, -0.05) is 12.1 Å².